The van der Waals surface area contributed by atoms with Crippen LogP contribution in [0.25, 0.3) is 0 Å². The molecule has 2 atom stereocenters. The maximum Gasteiger partial charge on any atom is 0.244 e. The number of aliphatic hydroxyl groups is 1. The zero-order valence-corrected chi connectivity index (χ0v) is 10.8. The number of nitriles is 1. The highest BCUT2D eigenvalue weighted by molar-refractivity contribution is 5.86. The number of carbonyl (C=O) groups excluding carboxylic acids is 1. The lowest BCUT2D eigenvalue weighted by molar-refractivity contribution is -0.133. The molecule has 0 bridgehead atoms. The molecule has 0 radical (unpaired) electrons. The Morgan fingerprint density at radius 3 is 2.84 bits per heavy atom. The third-order valence-electron chi connectivity index (χ3n) is 3.60. The van der Waals surface area contributed by atoms with E-state index in [9.17, 15) is 15.2 Å². The van der Waals surface area contributed by atoms with Crippen LogP contribution in [0, 0.1) is 17.2 Å². The molecule has 1 heterocycles. The van der Waals surface area contributed by atoms with Crippen LogP contribution in [0.4, 0.5) is 0 Å². The van der Waals surface area contributed by atoms with Gasteiger partial charge in [0.25, 0.3) is 0 Å². The van der Waals surface area contributed by atoms with E-state index < -0.39 is 5.92 Å². The van der Waals surface area contributed by atoms with Crippen LogP contribution < -0.4 is 0 Å². The van der Waals surface area contributed by atoms with Crippen molar-refractivity contribution < 1.29 is 9.90 Å². The first kappa shape index (κ1) is 13.6. The zero-order chi connectivity index (χ0) is 13.7. The van der Waals surface area contributed by atoms with Crippen LogP contribution in [0.5, 0.6) is 0 Å². The molecule has 4 heteroatoms. The molecule has 19 heavy (non-hydrogen) atoms. The van der Waals surface area contributed by atoms with E-state index in [2.05, 4.69) is 6.07 Å². The summed E-state index contributed by atoms with van der Waals surface area (Å²) in [6, 6.07) is 11.2. The van der Waals surface area contributed by atoms with E-state index in [1.165, 1.54) is 0 Å². The first-order valence-corrected chi connectivity index (χ1v) is 6.60. The van der Waals surface area contributed by atoms with Gasteiger partial charge >= 0.3 is 0 Å². The number of rotatable bonds is 3. The largest absolute Gasteiger partial charge is 0.396 e. The monoisotopic (exact) mass is 258 g/mol. The van der Waals surface area contributed by atoms with Gasteiger partial charge in [-0.3, -0.25) is 4.79 Å². The predicted octanol–water partition coefficient (Wildman–Crippen LogP) is 1.52. The van der Waals surface area contributed by atoms with E-state index in [4.69, 9.17) is 0 Å². The predicted molar refractivity (Wildman–Crippen MR) is 71.2 cm³/mol. The normalized spacial score (nSPS) is 20.6. The van der Waals surface area contributed by atoms with Crippen molar-refractivity contribution in [2.75, 3.05) is 19.7 Å². The lowest BCUT2D eigenvalue weighted by atomic mass is 9.95. The first-order valence-electron chi connectivity index (χ1n) is 6.60. The highest BCUT2D eigenvalue weighted by Crippen LogP contribution is 2.22. The third-order valence-corrected chi connectivity index (χ3v) is 3.60. The lowest BCUT2D eigenvalue weighted by Gasteiger charge is -2.33. The van der Waals surface area contributed by atoms with E-state index in [0.29, 0.717) is 13.1 Å². The van der Waals surface area contributed by atoms with E-state index in [1.54, 1.807) is 17.0 Å². The van der Waals surface area contributed by atoms with Crippen molar-refractivity contribution in [3.63, 3.8) is 0 Å². The molecule has 100 valence electrons. The second-order valence-corrected chi connectivity index (χ2v) is 4.95. The van der Waals surface area contributed by atoms with Gasteiger partial charge in [0.05, 0.1) is 6.07 Å². The molecule has 1 fully saturated rings. The number of amides is 1. The zero-order valence-electron chi connectivity index (χ0n) is 10.8. The molecular weight excluding hydrogens is 240 g/mol. The quantitative estimate of drug-likeness (QED) is 0.894. The number of aliphatic hydroxyl groups excluding tert-OH is 1. The van der Waals surface area contributed by atoms with Crippen LogP contribution in [0.15, 0.2) is 30.3 Å². The minimum atomic E-state index is -0.737. The molecule has 0 aromatic heterocycles. The van der Waals surface area contributed by atoms with Gasteiger partial charge in [-0.05, 0) is 24.3 Å². The second-order valence-electron chi connectivity index (χ2n) is 4.95. The van der Waals surface area contributed by atoms with Crippen LogP contribution in [-0.2, 0) is 4.79 Å². The number of nitrogens with zero attached hydrogens (tertiary/aromatic N) is 2. The van der Waals surface area contributed by atoms with E-state index in [0.717, 1.165) is 18.4 Å². The van der Waals surface area contributed by atoms with Gasteiger partial charge in [0.1, 0.15) is 5.92 Å². The summed E-state index contributed by atoms with van der Waals surface area (Å²) in [7, 11) is 0. The maximum absolute atomic E-state index is 12.4. The molecule has 2 rings (SSSR count). The van der Waals surface area contributed by atoms with Gasteiger partial charge in [0, 0.05) is 19.7 Å². The second kappa shape index (κ2) is 6.35. The van der Waals surface area contributed by atoms with Gasteiger partial charge < -0.3 is 10.0 Å². The Morgan fingerprint density at radius 2 is 2.21 bits per heavy atom. The summed E-state index contributed by atoms with van der Waals surface area (Å²) < 4.78 is 0. The number of hydrogen-bond acceptors (Lipinski definition) is 3. The minimum absolute atomic E-state index is 0.104. The molecular formula is C15H18N2O2. The van der Waals surface area contributed by atoms with Crippen molar-refractivity contribution in [2.24, 2.45) is 5.92 Å². The Labute approximate surface area is 113 Å². The maximum atomic E-state index is 12.4. The summed E-state index contributed by atoms with van der Waals surface area (Å²) in [5, 5.41) is 18.5. The van der Waals surface area contributed by atoms with Gasteiger partial charge in [-0.15, -0.1) is 0 Å². The number of piperidine rings is 1. The van der Waals surface area contributed by atoms with E-state index >= 15 is 0 Å². The molecule has 1 aromatic carbocycles. The average molecular weight is 258 g/mol. The van der Waals surface area contributed by atoms with Crippen LogP contribution in [-0.4, -0.2) is 35.6 Å². The Balaban J connectivity index is 2.11. The van der Waals surface area contributed by atoms with E-state index in [-0.39, 0.29) is 18.4 Å². The van der Waals surface area contributed by atoms with Gasteiger partial charge in [-0.25, -0.2) is 0 Å². The number of benzene rings is 1. The molecule has 0 aliphatic carbocycles. The smallest absolute Gasteiger partial charge is 0.244 e. The van der Waals surface area contributed by atoms with Crippen molar-refractivity contribution in [3.05, 3.63) is 35.9 Å². The molecule has 1 aliphatic heterocycles. The van der Waals surface area contributed by atoms with Crippen LogP contribution >= 0.6 is 0 Å². The van der Waals surface area contributed by atoms with Crippen molar-refractivity contribution in [2.45, 2.75) is 18.8 Å². The Kier molecular flexibility index (Phi) is 4.53. The van der Waals surface area contributed by atoms with Crippen molar-refractivity contribution in [1.82, 2.24) is 4.90 Å². The van der Waals surface area contributed by atoms with Gasteiger partial charge in [0.15, 0.2) is 0 Å². The molecule has 4 nitrogen and oxygen atoms in total. The fraction of sp³-hybridized carbons (Fsp3) is 0.467. The summed E-state index contributed by atoms with van der Waals surface area (Å²) in [4.78, 5) is 14.1. The van der Waals surface area contributed by atoms with Crippen LogP contribution in [0.2, 0.25) is 0 Å². The fourth-order valence-electron chi connectivity index (χ4n) is 2.51. The van der Waals surface area contributed by atoms with Crippen molar-refractivity contribution in [1.29, 1.82) is 5.26 Å². The van der Waals surface area contributed by atoms with Crippen LogP contribution in [0.3, 0.4) is 0 Å². The average Bonchev–Trinajstić information content (AvgIpc) is 2.49. The highest BCUT2D eigenvalue weighted by atomic mass is 16.3. The molecule has 0 saturated carbocycles. The molecule has 1 amide bonds. The standard InChI is InChI=1S/C15H18N2O2/c16-9-14(13-6-2-1-3-7-13)15(19)17-8-4-5-12(10-17)11-18/h1-3,6-7,12,14,18H,4-5,8,10-11H2. The molecule has 1 aromatic rings. The molecule has 1 aliphatic rings. The third kappa shape index (κ3) is 3.12. The topological polar surface area (TPSA) is 64.3 Å². The number of carbonyl (C=O) groups is 1. The molecule has 1 N–H and O–H groups in total. The van der Waals surface area contributed by atoms with Gasteiger partial charge in [-0.2, -0.15) is 5.26 Å². The number of likely N-dealkylation sites (tertiary alicyclic amines) is 1. The summed E-state index contributed by atoms with van der Waals surface area (Å²) in [5.41, 5.74) is 0.737. The minimum Gasteiger partial charge on any atom is -0.396 e. The molecule has 2 unspecified atom stereocenters. The summed E-state index contributed by atoms with van der Waals surface area (Å²) in [5.74, 6) is -0.738. The van der Waals surface area contributed by atoms with Gasteiger partial charge in [-0.1, -0.05) is 30.3 Å². The first-order chi connectivity index (χ1) is 9.26. The Morgan fingerprint density at radius 1 is 1.47 bits per heavy atom. The van der Waals surface area contributed by atoms with Crippen LogP contribution in [0.1, 0.15) is 24.3 Å². The lowest BCUT2D eigenvalue weighted by Crippen LogP contribution is -2.43. The van der Waals surface area contributed by atoms with E-state index in [1.807, 2.05) is 18.2 Å². The summed E-state index contributed by atoms with van der Waals surface area (Å²) >= 11 is 0. The van der Waals surface area contributed by atoms with Gasteiger partial charge in [0.2, 0.25) is 5.91 Å². The fourth-order valence-corrected chi connectivity index (χ4v) is 2.51. The number of hydrogen-bond donors (Lipinski definition) is 1. The van der Waals surface area contributed by atoms with Crippen molar-refractivity contribution in [3.8, 4) is 6.07 Å². The highest BCUT2D eigenvalue weighted by Gasteiger charge is 2.29. The summed E-state index contributed by atoms with van der Waals surface area (Å²) in [6.07, 6.45) is 1.84. The SMILES string of the molecule is N#CC(C(=O)N1CCCC(CO)C1)c1ccccc1. The molecule has 0 spiro atoms. The summed E-state index contributed by atoms with van der Waals surface area (Å²) in [6.45, 7) is 1.34. The Bertz CT molecular complexity index is 467. The molecule has 1 saturated heterocycles. The van der Waals surface area contributed by atoms with Crippen molar-refractivity contribution >= 4 is 5.91 Å². The Hall–Kier alpha value is -1.86.